The maximum Gasteiger partial charge on any atom is 0.540 e. The fourth-order valence-electron chi connectivity index (χ4n) is 2.89. The molecule has 0 aromatic rings. The summed E-state index contributed by atoms with van der Waals surface area (Å²) in [6.45, 7) is 8.06. The Morgan fingerprint density at radius 1 is 1.04 bits per heavy atom. The van der Waals surface area contributed by atoms with E-state index >= 15 is 0 Å². The number of halogens is 4. The van der Waals surface area contributed by atoms with Crippen LogP contribution in [0.3, 0.4) is 0 Å². The summed E-state index contributed by atoms with van der Waals surface area (Å²) in [6.07, 6.45) is 0.559. The Morgan fingerprint density at radius 2 is 1.54 bits per heavy atom. The maximum atomic E-state index is 14.3. The summed E-state index contributed by atoms with van der Waals surface area (Å²) in [5.41, 5.74) is -1.08. The molecule has 144 valence electrons. The van der Waals surface area contributed by atoms with Crippen molar-refractivity contribution < 1.29 is 31.8 Å². The molecule has 0 fully saturated rings. The van der Waals surface area contributed by atoms with Gasteiger partial charge in [-0.25, -0.2) is 8.78 Å². The summed E-state index contributed by atoms with van der Waals surface area (Å²) in [7, 11) is -2.60. The zero-order chi connectivity index (χ0) is 19.4. The number of hydrogen-bond acceptors (Lipinski definition) is 2. The van der Waals surface area contributed by atoms with Gasteiger partial charge in [0.05, 0.1) is 6.61 Å². The largest absolute Gasteiger partial charge is 0.540 e. The second kappa shape index (κ2) is 8.41. The molecule has 0 spiro atoms. The normalized spacial score (nSPS) is 20.2. The van der Waals surface area contributed by atoms with Crippen LogP contribution in [0.15, 0.2) is 0 Å². The molecule has 0 saturated heterocycles. The molecular formula is C16H30F4O3P+. The second-order valence-corrected chi connectivity index (χ2v) is 8.37. The number of hydrogen-bond donors (Lipinski definition) is 1. The molecule has 3 nitrogen and oxygen atoms in total. The molecule has 0 aromatic heterocycles. The molecule has 0 aliphatic carbocycles. The van der Waals surface area contributed by atoms with Crippen molar-refractivity contribution in [3.05, 3.63) is 0 Å². The Bertz CT molecular complexity index is 428. The van der Waals surface area contributed by atoms with E-state index in [0.717, 1.165) is 0 Å². The van der Waals surface area contributed by atoms with Crippen molar-refractivity contribution in [3.63, 3.8) is 0 Å². The van der Waals surface area contributed by atoms with Crippen LogP contribution in [-0.2, 0) is 9.30 Å². The van der Waals surface area contributed by atoms with Gasteiger partial charge >= 0.3 is 19.9 Å². The number of rotatable bonds is 11. The Balaban J connectivity index is 5.29. The van der Waals surface area contributed by atoms with Crippen molar-refractivity contribution in [2.75, 3.05) is 6.61 Å². The van der Waals surface area contributed by atoms with Crippen molar-refractivity contribution in [1.29, 1.82) is 0 Å². The quantitative estimate of drug-likeness (QED) is 0.355. The average molecular weight is 377 g/mol. The van der Waals surface area contributed by atoms with Crippen LogP contribution >= 0.6 is 8.03 Å². The lowest BCUT2D eigenvalue weighted by Crippen LogP contribution is -2.50. The van der Waals surface area contributed by atoms with Crippen LogP contribution in [0.4, 0.5) is 17.6 Å². The van der Waals surface area contributed by atoms with Crippen molar-refractivity contribution >= 4 is 8.03 Å². The molecule has 0 radical (unpaired) electrons. The molecule has 0 saturated carbocycles. The van der Waals surface area contributed by atoms with E-state index in [-0.39, 0.29) is 39.2 Å². The summed E-state index contributed by atoms with van der Waals surface area (Å²) >= 11 is 0. The van der Waals surface area contributed by atoms with Crippen molar-refractivity contribution in [2.45, 2.75) is 84.4 Å². The molecule has 0 aliphatic heterocycles. The van der Waals surface area contributed by atoms with Crippen LogP contribution in [0.25, 0.3) is 0 Å². The Hall–Kier alpha value is -0.260. The average Bonchev–Trinajstić information content (AvgIpc) is 2.45. The smallest absolute Gasteiger partial charge is 0.331 e. The van der Waals surface area contributed by atoms with Gasteiger partial charge in [0, 0.05) is 26.2 Å². The zero-order valence-electron chi connectivity index (χ0n) is 15.3. The first-order valence-corrected chi connectivity index (χ1v) is 9.48. The number of ether oxygens (including phenoxy) is 1. The predicted molar refractivity (Wildman–Crippen MR) is 86.8 cm³/mol. The van der Waals surface area contributed by atoms with Crippen LogP contribution < -0.4 is 0 Å². The Labute approximate surface area is 143 Å². The summed E-state index contributed by atoms with van der Waals surface area (Å²) in [5.74, 6) is -9.77. The summed E-state index contributed by atoms with van der Waals surface area (Å²) in [5, 5.41) is -1.26. The SMILES string of the molecule is CCC(C(C)(CC)CCOC(C)(CC)[P+](=O)O)C(F)(F)C(C)(F)F. The first-order chi connectivity index (χ1) is 10.7. The second-order valence-electron chi connectivity index (χ2n) is 6.88. The van der Waals surface area contributed by atoms with Crippen LogP contribution in [0.2, 0.25) is 0 Å². The fraction of sp³-hybridized carbons (Fsp3) is 1.00. The monoisotopic (exact) mass is 377 g/mol. The van der Waals surface area contributed by atoms with E-state index in [4.69, 9.17) is 4.74 Å². The molecule has 0 bridgehead atoms. The van der Waals surface area contributed by atoms with E-state index in [0.29, 0.717) is 0 Å². The highest BCUT2D eigenvalue weighted by atomic mass is 31.1. The van der Waals surface area contributed by atoms with Gasteiger partial charge in [0.25, 0.3) is 5.34 Å². The van der Waals surface area contributed by atoms with E-state index in [1.165, 1.54) is 13.8 Å². The van der Waals surface area contributed by atoms with Crippen molar-refractivity contribution in [2.24, 2.45) is 11.3 Å². The molecule has 0 rings (SSSR count). The van der Waals surface area contributed by atoms with E-state index in [1.807, 2.05) is 0 Å². The van der Waals surface area contributed by atoms with Gasteiger partial charge < -0.3 is 4.74 Å². The van der Waals surface area contributed by atoms with Crippen LogP contribution in [-0.4, -0.2) is 28.7 Å². The third kappa shape index (κ3) is 5.12. The minimum absolute atomic E-state index is 0.0435. The first-order valence-electron chi connectivity index (χ1n) is 8.27. The maximum absolute atomic E-state index is 14.3. The molecule has 24 heavy (non-hydrogen) atoms. The molecule has 4 unspecified atom stereocenters. The summed E-state index contributed by atoms with van der Waals surface area (Å²) in [6, 6.07) is 0. The van der Waals surface area contributed by atoms with E-state index < -0.39 is 36.5 Å². The van der Waals surface area contributed by atoms with E-state index in [2.05, 4.69) is 0 Å². The molecule has 0 heterocycles. The number of alkyl halides is 4. The first kappa shape index (κ1) is 23.7. The predicted octanol–water partition coefficient (Wildman–Crippen LogP) is 5.99. The summed E-state index contributed by atoms with van der Waals surface area (Å²) < 4.78 is 72.2. The van der Waals surface area contributed by atoms with Gasteiger partial charge in [0.15, 0.2) is 0 Å². The summed E-state index contributed by atoms with van der Waals surface area (Å²) in [4.78, 5) is 9.31. The van der Waals surface area contributed by atoms with Gasteiger partial charge in [-0.15, -0.1) is 0 Å². The lowest BCUT2D eigenvalue weighted by Gasteiger charge is -2.43. The highest BCUT2D eigenvalue weighted by Crippen LogP contribution is 2.52. The van der Waals surface area contributed by atoms with Crippen molar-refractivity contribution in [1.82, 2.24) is 0 Å². The third-order valence-electron chi connectivity index (χ3n) is 5.23. The molecule has 0 aromatic carbocycles. The Morgan fingerprint density at radius 3 is 1.83 bits per heavy atom. The van der Waals surface area contributed by atoms with Gasteiger partial charge in [0.1, 0.15) is 0 Å². The van der Waals surface area contributed by atoms with Gasteiger partial charge in [-0.1, -0.05) is 34.1 Å². The van der Waals surface area contributed by atoms with E-state index in [1.54, 1.807) is 20.8 Å². The van der Waals surface area contributed by atoms with Gasteiger partial charge in [0.2, 0.25) is 0 Å². The van der Waals surface area contributed by atoms with Crippen molar-refractivity contribution in [3.8, 4) is 0 Å². The standard InChI is InChI=1S/C16H29F4O3P/c1-7-12(16(19,20)15(6,17)18)13(4,8-2)10-11-23-14(5,9-3)24(21)22/h12H,7-11H2,1-6H3/p+1. The molecule has 1 N–H and O–H groups in total. The zero-order valence-corrected chi connectivity index (χ0v) is 16.2. The Kier molecular flexibility index (Phi) is 8.32. The van der Waals surface area contributed by atoms with Gasteiger partial charge in [-0.2, -0.15) is 13.7 Å². The topological polar surface area (TPSA) is 46.5 Å². The lowest BCUT2D eigenvalue weighted by atomic mass is 9.67. The minimum Gasteiger partial charge on any atom is -0.331 e. The molecule has 4 atom stereocenters. The van der Waals surface area contributed by atoms with Gasteiger partial charge in [-0.3, -0.25) is 0 Å². The molecule has 8 heteroatoms. The highest BCUT2D eigenvalue weighted by Gasteiger charge is 2.61. The van der Waals surface area contributed by atoms with Crippen LogP contribution in [0, 0.1) is 11.3 Å². The third-order valence-corrected chi connectivity index (χ3v) is 6.48. The fourth-order valence-corrected chi connectivity index (χ4v) is 3.36. The van der Waals surface area contributed by atoms with Crippen LogP contribution in [0.5, 0.6) is 0 Å². The molecule has 0 aliphatic rings. The minimum atomic E-state index is -4.14. The van der Waals surface area contributed by atoms with Crippen LogP contribution in [0.1, 0.15) is 67.2 Å². The molecular weight excluding hydrogens is 347 g/mol. The molecule has 0 amide bonds. The van der Waals surface area contributed by atoms with Gasteiger partial charge in [-0.05, 0) is 22.8 Å². The lowest BCUT2D eigenvalue weighted by molar-refractivity contribution is -0.249. The highest BCUT2D eigenvalue weighted by molar-refractivity contribution is 7.39. The van der Waals surface area contributed by atoms with E-state index in [9.17, 15) is 27.0 Å².